The van der Waals surface area contributed by atoms with Crippen LogP contribution in [-0.4, -0.2) is 29.6 Å². The van der Waals surface area contributed by atoms with Crippen LogP contribution in [0.15, 0.2) is 6.07 Å². The van der Waals surface area contributed by atoms with Crippen molar-refractivity contribution in [3.63, 3.8) is 0 Å². The highest BCUT2D eigenvalue weighted by molar-refractivity contribution is 5.38. The lowest BCUT2D eigenvalue weighted by Crippen LogP contribution is -2.29. The van der Waals surface area contributed by atoms with E-state index in [4.69, 9.17) is 5.26 Å². The Morgan fingerprint density at radius 1 is 1.31 bits per heavy atom. The molecule has 1 saturated heterocycles. The number of aromatic nitrogens is 1. The molecular weight excluding hydrogens is 198 g/mol. The Hall–Kier alpha value is -1.27. The molecule has 0 spiro atoms. The number of nitriles is 1. The molecule has 1 aromatic rings. The van der Waals surface area contributed by atoms with Crippen molar-refractivity contribution in [3.8, 4) is 6.07 Å². The summed E-state index contributed by atoms with van der Waals surface area (Å²) < 4.78 is 2.19. The number of hydrogen-bond acceptors (Lipinski definition) is 2. The maximum absolute atomic E-state index is 9.03. The van der Waals surface area contributed by atoms with E-state index in [1.165, 1.54) is 18.5 Å². The highest BCUT2D eigenvalue weighted by Crippen LogP contribution is 2.29. The zero-order valence-corrected chi connectivity index (χ0v) is 10.3. The van der Waals surface area contributed by atoms with Gasteiger partial charge in [-0.1, -0.05) is 0 Å². The second kappa shape index (κ2) is 4.31. The molecule has 2 rings (SSSR count). The highest BCUT2D eigenvalue weighted by atomic mass is 15.1. The summed E-state index contributed by atoms with van der Waals surface area (Å²) in [6.45, 7) is 4.35. The molecule has 1 aliphatic rings. The Morgan fingerprint density at radius 3 is 2.44 bits per heavy atom. The van der Waals surface area contributed by atoms with Crippen molar-refractivity contribution in [2.24, 2.45) is 7.05 Å². The van der Waals surface area contributed by atoms with Crippen molar-refractivity contribution in [1.29, 1.82) is 5.26 Å². The van der Waals surface area contributed by atoms with Crippen molar-refractivity contribution in [2.45, 2.75) is 25.7 Å². The van der Waals surface area contributed by atoms with Gasteiger partial charge in [-0.05, 0) is 46.0 Å². The second-order valence-electron chi connectivity index (χ2n) is 4.82. The number of piperidine rings is 1. The average Bonchev–Trinajstić information content (AvgIpc) is 2.57. The SMILES string of the molecule is Cc1c(C#N)cc(C2CCN(C)CC2)n1C. The van der Waals surface area contributed by atoms with Crippen LogP contribution in [0.25, 0.3) is 0 Å². The molecule has 1 aliphatic heterocycles. The Morgan fingerprint density at radius 2 is 1.94 bits per heavy atom. The van der Waals surface area contributed by atoms with Crippen LogP contribution in [0.3, 0.4) is 0 Å². The normalized spacial score (nSPS) is 18.6. The van der Waals surface area contributed by atoms with Crippen LogP contribution in [0.5, 0.6) is 0 Å². The van der Waals surface area contributed by atoms with Crippen LogP contribution in [0.1, 0.15) is 35.7 Å². The monoisotopic (exact) mass is 217 g/mol. The van der Waals surface area contributed by atoms with Crippen LogP contribution in [0, 0.1) is 18.3 Å². The molecule has 2 heterocycles. The van der Waals surface area contributed by atoms with Crippen LogP contribution in [0.2, 0.25) is 0 Å². The first kappa shape index (κ1) is 11.2. The van der Waals surface area contributed by atoms with Gasteiger partial charge in [0.25, 0.3) is 0 Å². The quantitative estimate of drug-likeness (QED) is 0.720. The Kier molecular flexibility index (Phi) is 3.02. The van der Waals surface area contributed by atoms with E-state index in [0.29, 0.717) is 5.92 Å². The largest absolute Gasteiger partial charge is 0.350 e. The first-order valence-electron chi connectivity index (χ1n) is 5.88. The van der Waals surface area contributed by atoms with Gasteiger partial charge in [0.1, 0.15) is 6.07 Å². The van der Waals surface area contributed by atoms with Gasteiger partial charge in [0, 0.05) is 24.4 Å². The van der Waals surface area contributed by atoms with E-state index < -0.39 is 0 Å². The summed E-state index contributed by atoms with van der Waals surface area (Å²) in [5.41, 5.74) is 3.26. The van der Waals surface area contributed by atoms with E-state index in [1.54, 1.807) is 0 Å². The van der Waals surface area contributed by atoms with Crippen molar-refractivity contribution < 1.29 is 0 Å². The third-order valence-corrected chi connectivity index (χ3v) is 3.83. The molecule has 0 N–H and O–H groups in total. The zero-order valence-electron chi connectivity index (χ0n) is 10.3. The molecular formula is C13H19N3. The van der Waals surface area contributed by atoms with E-state index >= 15 is 0 Å². The van der Waals surface area contributed by atoms with Crippen LogP contribution in [0.4, 0.5) is 0 Å². The molecule has 0 atom stereocenters. The molecule has 3 nitrogen and oxygen atoms in total. The van der Waals surface area contributed by atoms with Gasteiger partial charge in [-0.2, -0.15) is 5.26 Å². The lowest BCUT2D eigenvalue weighted by Gasteiger charge is -2.29. The minimum atomic E-state index is 0.627. The number of rotatable bonds is 1. The summed E-state index contributed by atoms with van der Waals surface area (Å²) >= 11 is 0. The Labute approximate surface area is 97.3 Å². The number of hydrogen-bond donors (Lipinski definition) is 0. The van der Waals surface area contributed by atoms with Crippen LogP contribution >= 0.6 is 0 Å². The molecule has 0 unspecified atom stereocenters. The van der Waals surface area contributed by atoms with E-state index in [0.717, 1.165) is 24.3 Å². The summed E-state index contributed by atoms with van der Waals surface area (Å²) in [6.07, 6.45) is 2.41. The molecule has 0 radical (unpaired) electrons. The maximum atomic E-state index is 9.03. The molecule has 0 bridgehead atoms. The van der Waals surface area contributed by atoms with Crippen molar-refractivity contribution in [2.75, 3.05) is 20.1 Å². The fourth-order valence-electron chi connectivity index (χ4n) is 2.53. The van der Waals surface area contributed by atoms with Gasteiger partial charge < -0.3 is 9.47 Å². The van der Waals surface area contributed by atoms with Gasteiger partial charge in [-0.15, -0.1) is 0 Å². The highest BCUT2D eigenvalue weighted by Gasteiger charge is 2.22. The first-order chi connectivity index (χ1) is 7.63. The second-order valence-corrected chi connectivity index (χ2v) is 4.82. The van der Waals surface area contributed by atoms with Gasteiger partial charge in [-0.3, -0.25) is 0 Å². The molecule has 0 aliphatic carbocycles. The average molecular weight is 217 g/mol. The lowest BCUT2D eigenvalue weighted by atomic mass is 9.93. The molecule has 16 heavy (non-hydrogen) atoms. The smallest absolute Gasteiger partial charge is 0.101 e. The lowest BCUT2D eigenvalue weighted by molar-refractivity contribution is 0.251. The van der Waals surface area contributed by atoms with E-state index in [-0.39, 0.29) is 0 Å². The van der Waals surface area contributed by atoms with E-state index in [2.05, 4.69) is 35.7 Å². The fraction of sp³-hybridized carbons (Fsp3) is 0.615. The molecule has 1 aromatic heterocycles. The Balaban J connectivity index is 2.25. The molecule has 1 fully saturated rings. The summed E-state index contributed by atoms with van der Waals surface area (Å²) in [4.78, 5) is 2.37. The van der Waals surface area contributed by atoms with Crippen molar-refractivity contribution in [1.82, 2.24) is 9.47 Å². The van der Waals surface area contributed by atoms with E-state index in [9.17, 15) is 0 Å². The van der Waals surface area contributed by atoms with Crippen LogP contribution in [-0.2, 0) is 7.05 Å². The van der Waals surface area contributed by atoms with Crippen molar-refractivity contribution >= 4 is 0 Å². The summed E-state index contributed by atoms with van der Waals surface area (Å²) in [5.74, 6) is 0.627. The zero-order chi connectivity index (χ0) is 11.7. The number of nitrogens with zero attached hydrogens (tertiary/aromatic N) is 3. The summed E-state index contributed by atoms with van der Waals surface area (Å²) in [7, 11) is 4.25. The topological polar surface area (TPSA) is 32.0 Å². The first-order valence-corrected chi connectivity index (χ1v) is 5.88. The van der Waals surface area contributed by atoms with Crippen molar-refractivity contribution in [3.05, 3.63) is 23.0 Å². The van der Waals surface area contributed by atoms with E-state index in [1.807, 2.05) is 6.92 Å². The third kappa shape index (κ3) is 1.85. The fourth-order valence-corrected chi connectivity index (χ4v) is 2.53. The molecule has 0 amide bonds. The van der Waals surface area contributed by atoms with Crippen LogP contribution < -0.4 is 0 Å². The minimum Gasteiger partial charge on any atom is -0.350 e. The third-order valence-electron chi connectivity index (χ3n) is 3.83. The molecule has 0 aromatic carbocycles. The maximum Gasteiger partial charge on any atom is 0.101 e. The van der Waals surface area contributed by atoms with Gasteiger partial charge in [0.05, 0.1) is 5.56 Å². The summed E-state index contributed by atoms with van der Waals surface area (Å²) in [5, 5.41) is 9.03. The predicted molar refractivity (Wildman–Crippen MR) is 64.3 cm³/mol. The Bertz CT molecular complexity index is 417. The van der Waals surface area contributed by atoms with Gasteiger partial charge >= 0.3 is 0 Å². The van der Waals surface area contributed by atoms with Gasteiger partial charge in [0.15, 0.2) is 0 Å². The molecule has 86 valence electrons. The van der Waals surface area contributed by atoms with Gasteiger partial charge in [0.2, 0.25) is 0 Å². The predicted octanol–water partition coefficient (Wildman–Crippen LogP) is 2.01. The number of likely N-dealkylation sites (tertiary alicyclic amines) is 1. The summed E-state index contributed by atoms with van der Waals surface area (Å²) in [6, 6.07) is 4.35. The molecule has 3 heteroatoms. The molecule has 0 saturated carbocycles. The van der Waals surface area contributed by atoms with Gasteiger partial charge in [-0.25, -0.2) is 0 Å². The minimum absolute atomic E-state index is 0.627. The standard InChI is InChI=1S/C13H19N3/c1-10-12(9-14)8-13(16(10)3)11-4-6-15(2)7-5-11/h8,11H,4-7H2,1-3H3.